The molecule has 6 heteroatoms. The number of hydrogen-bond donors (Lipinski definition) is 1. The highest BCUT2D eigenvalue weighted by molar-refractivity contribution is 6.03. The second kappa shape index (κ2) is 8.19. The molecule has 1 atom stereocenters. The maximum atomic E-state index is 13.5. The van der Waals surface area contributed by atoms with Gasteiger partial charge in [0, 0.05) is 36.7 Å². The summed E-state index contributed by atoms with van der Waals surface area (Å²) in [5.74, 6) is -0.120. The first-order chi connectivity index (χ1) is 14.0. The number of rotatable bonds is 7. The molecule has 1 saturated carbocycles. The summed E-state index contributed by atoms with van der Waals surface area (Å²) in [5, 5.41) is 4.27. The van der Waals surface area contributed by atoms with Gasteiger partial charge in [0.25, 0.3) is 5.91 Å². The number of para-hydroxylation sites is 1. The topological polar surface area (TPSA) is 63.6 Å². The van der Waals surface area contributed by atoms with Crippen molar-refractivity contribution >= 4 is 22.7 Å². The van der Waals surface area contributed by atoms with Crippen molar-refractivity contribution in [2.24, 2.45) is 0 Å². The Morgan fingerprint density at radius 2 is 2.03 bits per heavy atom. The summed E-state index contributed by atoms with van der Waals surface area (Å²) in [6.45, 7) is 6.09. The van der Waals surface area contributed by atoms with Gasteiger partial charge in [0.1, 0.15) is 11.2 Å². The van der Waals surface area contributed by atoms with Crippen molar-refractivity contribution < 1.29 is 14.3 Å². The Kier molecular flexibility index (Phi) is 5.63. The number of carbonyl (C=O) groups is 2. The number of ether oxygens (including phenoxy) is 1. The van der Waals surface area contributed by atoms with Gasteiger partial charge in [-0.3, -0.25) is 9.59 Å². The number of amides is 2. The highest BCUT2D eigenvalue weighted by Gasteiger charge is 2.47. The molecule has 1 aromatic carbocycles. The fourth-order valence-corrected chi connectivity index (χ4v) is 4.74. The molecule has 4 rings (SSSR count). The van der Waals surface area contributed by atoms with Gasteiger partial charge in [0.2, 0.25) is 5.91 Å². The number of fused-ring (bicyclic) bond motifs is 3. The third kappa shape index (κ3) is 3.66. The molecule has 0 bridgehead atoms. The highest BCUT2D eigenvalue weighted by Crippen LogP contribution is 2.33. The normalized spacial score (nSPS) is 22.3. The van der Waals surface area contributed by atoms with E-state index in [0.29, 0.717) is 38.4 Å². The standard InChI is InChI=1S/C23H31N3O3/c1-3-29-14-8-13-26-21(27)20-15-17-9-4-7-12-19(17)25(20)16-23(26,2)22(28)24-18-10-5-6-11-18/h4,7,9,12,15,18H,3,5-6,8,10-11,13-14,16H2,1-2H3,(H,24,28)/t23-/m0/s1. The molecule has 1 N–H and O–H groups in total. The monoisotopic (exact) mass is 397 g/mol. The number of nitrogens with zero attached hydrogens (tertiary/aromatic N) is 2. The van der Waals surface area contributed by atoms with E-state index in [4.69, 9.17) is 4.74 Å². The minimum absolute atomic E-state index is 0.0439. The summed E-state index contributed by atoms with van der Waals surface area (Å²) in [4.78, 5) is 28.7. The van der Waals surface area contributed by atoms with Gasteiger partial charge in [-0.25, -0.2) is 0 Å². The van der Waals surface area contributed by atoms with E-state index in [1.54, 1.807) is 4.90 Å². The maximum Gasteiger partial charge on any atom is 0.271 e. The lowest BCUT2D eigenvalue weighted by Crippen LogP contribution is -2.65. The molecule has 0 unspecified atom stereocenters. The number of benzene rings is 1. The maximum absolute atomic E-state index is 13.5. The first-order valence-corrected chi connectivity index (χ1v) is 10.8. The number of carbonyl (C=O) groups excluding carboxylic acids is 2. The van der Waals surface area contributed by atoms with Crippen LogP contribution in [0.4, 0.5) is 0 Å². The van der Waals surface area contributed by atoms with Gasteiger partial charge in [0.05, 0.1) is 6.54 Å². The van der Waals surface area contributed by atoms with Crippen molar-refractivity contribution in [3.8, 4) is 0 Å². The lowest BCUT2D eigenvalue weighted by molar-refractivity contribution is -0.133. The van der Waals surface area contributed by atoms with E-state index < -0.39 is 5.54 Å². The summed E-state index contributed by atoms with van der Waals surface area (Å²) in [6.07, 6.45) is 5.08. The second-order valence-electron chi connectivity index (χ2n) is 8.41. The zero-order chi connectivity index (χ0) is 20.4. The predicted octanol–water partition coefficient (Wildman–Crippen LogP) is 3.34. The number of hydrogen-bond acceptors (Lipinski definition) is 3. The smallest absolute Gasteiger partial charge is 0.271 e. The third-order valence-corrected chi connectivity index (χ3v) is 6.39. The molecule has 2 aliphatic rings. The molecule has 2 aromatic rings. The van der Waals surface area contributed by atoms with Gasteiger partial charge in [-0.2, -0.15) is 0 Å². The lowest BCUT2D eigenvalue weighted by Gasteiger charge is -2.44. The summed E-state index contributed by atoms with van der Waals surface area (Å²) >= 11 is 0. The van der Waals surface area contributed by atoms with Crippen LogP contribution in [0.2, 0.25) is 0 Å². The van der Waals surface area contributed by atoms with Crippen LogP contribution in [0.15, 0.2) is 30.3 Å². The summed E-state index contributed by atoms with van der Waals surface area (Å²) in [5.41, 5.74) is 0.749. The van der Waals surface area contributed by atoms with Gasteiger partial charge < -0.3 is 19.5 Å². The van der Waals surface area contributed by atoms with Gasteiger partial charge in [-0.1, -0.05) is 31.0 Å². The van der Waals surface area contributed by atoms with Gasteiger partial charge in [0.15, 0.2) is 0 Å². The molecule has 1 aliphatic heterocycles. The zero-order valence-electron chi connectivity index (χ0n) is 17.4. The predicted molar refractivity (Wildman–Crippen MR) is 113 cm³/mol. The van der Waals surface area contributed by atoms with Gasteiger partial charge in [-0.15, -0.1) is 0 Å². The molecule has 1 fully saturated rings. The molecular weight excluding hydrogens is 366 g/mol. The van der Waals surface area contributed by atoms with Crippen LogP contribution < -0.4 is 5.32 Å². The highest BCUT2D eigenvalue weighted by atomic mass is 16.5. The van der Waals surface area contributed by atoms with E-state index in [1.807, 2.05) is 48.7 Å². The van der Waals surface area contributed by atoms with Crippen molar-refractivity contribution in [3.05, 3.63) is 36.0 Å². The molecule has 1 aliphatic carbocycles. The van der Waals surface area contributed by atoms with Crippen LogP contribution in [-0.2, 0) is 16.1 Å². The Balaban J connectivity index is 1.67. The molecule has 2 heterocycles. The number of aromatic nitrogens is 1. The second-order valence-corrected chi connectivity index (χ2v) is 8.41. The largest absolute Gasteiger partial charge is 0.382 e. The number of nitrogens with one attached hydrogen (secondary N) is 1. The first-order valence-electron chi connectivity index (χ1n) is 10.8. The molecule has 0 saturated heterocycles. The van der Waals surface area contributed by atoms with Crippen LogP contribution in [0.3, 0.4) is 0 Å². The van der Waals surface area contributed by atoms with Crippen molar-refractivity contribution in [1.29, 1.82) is 0 Å². The van der Waals surface area contributed by atoms with Gasteiger partial charge >= 0.3 is 0 Å². The molecule has 2 amide bonds. The third-order valence-electron chi connectivity index (χ3n) is 6.39. The average Bonchev–Trinajstić information content (AvgIpc) is 3.35. The molecule has 0 spiro atoms. The molecule has 0 radical (unpaired) electrons. The average molecular weight is 398 g/mol. The van der Waals surface area contributed by atoms with Crippen molar-refractivity contribution in [3.63, 3.8) is 0 Å². The molecular formula is C23H31N3O3. The Morgan fingerprint density at radius 3 is 2.79 bits per heavy atom. The van der Waals surface area contributed by atoms with Crippen molar-refractivity contribution in [2.75, 3.05) is 19.8 Å². The Bertz CT molecular complexity index is 900. The van der Waals surface area contributed by atoms with Crippen LogP contribution in [0, 0.1) is 0 Å². The van der Waals surface area contributed by atoms with Crippen LogP contribution in [0.5, 0.6) is 0 Å². The Hall–Kier alpha value is -2.34. The minimum Gasteiger partial charge on any atom is -0.382 e. The molecule has 6 nitrogen and oxygen atoms in total. The SMILES string of the molecule is CCOCCCN1C(=O)c2cc3ccccc3n2C[C@@]1(C)C(=O)NC1CCCC1. The van der Waals surface area contributed by atoms with E-state index in [9.17, 15) is 9.59 Å². The van der Waals surface area contributed by atoms with Crippen LogP contribution >= 0.6 is 0 Å². The van der Waals surface area contributed by atoms with E-state index in [-0.39, 0.29) is 17.9 Å². The minimum atomic E-state index is -0.916. The van der Waals surface area contributed by atoms with E-state index >= 15 is 0 Å². The van der Waals surface area contributed by atoms with E-state index in [1.165, 1.54) is 0 Å². The molecule has 156 valence electrons. The summed E-state index contributed by atoms with van der Waals surface area (Å²) in [6, 6.07) is 10.2. The fourth-order valence-electron chi connectivity index (χ4n) is 4.74. The first kappa shape index (κ1) is 20.0. The van der Waals surface area contributed by atoms with Crippen LogP contribution in [0.1, 0.15) is 56.4 Å². The van der Waals surface area contributed by atoms with Crippen LogP contribution in [-0.4, -0.2) is 52.6 Å². The lowest BCUT2D eigenvalue weighted by atomic mass is 9.94. The molecule has 29 heavy (non-hydrogen) atoms. The summed E-state index contributed by atoms with van der Waals surface area (Å²) in [7, 11) is 0. The zero-order valence-corrected chi connectivity index (χ0v) is 17.4. The van der Waals surface area contributed by atoms with Crippen LogP contribution in [0.25, 0.3) is 10.9 Å². The van der Waals surface area contributed by atoms with Crippen molar-refractivity contribution in [2.45, 2.75) is 64.1 Å². The molecule has 1 aromatic heterocycles. The summed E-state index contributed by atoms with van der Waals surface area (Å²) < 4.78 is 7.49. The van der Waals surface area contributed by atoms with E-state index in [0.717, 1.165) is 36.6 Å². The Labute approximate surface area is 172 Å². The van der Waals surface area contributed by atoms with E-state index in [2.05, 4.69) is 5.32 Å². The Morgan fingerprint density at radius 1 is 1.28 bits per heavy atom. The van der Waals surface area contributed by atoms with Gasteiger partial charge in [-0.05, 0) is 45.2 Å². The van der Waals surface area contributed by atoms with Crippen molar-refractivity contribution in [1.82, 2.24) is 14.8 Å². The fraction of sp³-hybridized carbons (Fsp3) is 0.565. The quantitative estimate of drug-likeness (QED) is 0.729.